The molecule has 3 rings (SSSR count). The second-order valence-electron chi connectivity index (χ2n) is 8.42. The largest absolute Gasteiger partial charge is 0.379 e. The maximum Gasteiger partial charge on any atom is 0.191 e. The number of para-hydroxylation sites is 1. The van der Waals surface area contributed by atoms with Gasteiger partial charge in [-0.2, -0.15) is 0 Å². The molecule has 0 spiro atoms. The molecule has 2 aliphatic heterocycles. The number of benzene rings is 1. The van der Waals surface area contributed by atoms with E-state index in [9.17, 15) is 0 Å². The van der Waals surface area contributed by atoms with Gasteiger partial charge >= 0.3 is 0 Å². The number of hydrogen-bond donors (Lipinski definition) is 2. The zero-order chi connectivity index (χ0) is 21.7. The van der Waals surface area contributed by atoms with Crippen LogP contribution in [0.1, 0.15) is 33.1 Å². The summed E-state index contributed by atoms with van der Waals surface area (Å²) >= 11 is 0. The molecule has 2 aliphatic rings. The molecule has 2 N–H and O–H groups in total. The summed E-state index contributed by atoms with van der Waals surface area (Å²) in [6, 6.07) is 11.1. The Labute approximate surface area is 211 Å². The minimum Gasteiger partial charge on any atom is -0.379 e. The lowest BCUT2D eigenvalue weighted by Gasteiger charge is -2.38. The molecule has 0 aromatic heterocycles. The van der Waals surface area contributed by atoms with E-state index >= 15 is 0 Å². The highest BCUT2D eigenvalue weighted by Gasteiger charge is 2.21. The van der Waals surface area contributed by atoms with Gasteiger partial charge in [-0.25, -0.2) is 0 Å². The summed E-state index contributed by atoms with van der Waals surface area (Å²) in [5.41, 5.74) is 1.33. The fourth-order valence-corrected chi connectivity index (χ4v) is 4.11. The summed E-state index contributed by atoms with van der Waals surface area (Å²) < 4.78 is 11.3. The molecule has 0 saturated carbocycles. The van der Waals surface area contributed by atoms with Crippen LogP contribution in [0.4, 0.5) is 5.69 Å². The van der Waals surface area contributed by atoms with E-state index in [0.717, 1.165) is 84.4 Å². The van der Waals surface area contributed by atoms with Crippen molar-refractivity contribution in [1.82, 2.24) is 15.5 Å². The van der Waals surface area contributed by atoms with Crippen molar-refractivity contribution in [3.8, 4) is 0 Å². The Morgan fingerprint density at radius 2 is 1.97 bits per heavy atom. The summed E-state index contributed by atoms with van der Waals surface area (Å²) in [5.74, 6) is 0.899. The van der Waals surface area contributed by atoms with Crippen molar-refractivity contribution in [2.45, 2.75) is 45.3 Å². The number of halogens is 1. The summed E-state index contributed by atoms with van der Waals surface area (Å²) in [5, 5.41) is 6.79. The Bertz CT molecular complexity index is 635. The molecular weight excluding hydrogens is 517 g/mol. The van der Waals surface area contributed by atoms with Crippen molar-refractivity contribution >= 4 is 35.6 Å². The molecule has 7 nitrogen and oxygen atoms in total. The summed E-state index contributed by atoms with van der Waals surface area (Å²) in [6.07, 6.45) is 3.57. The van der Waals surface area contributed by atoms with Gasteiger partial charge in [0.2, 0.25) is 0 Å². The fraction of sp³-hybridized carbons (Fsp3) is 0.708. The molecule has 1 aromatic carbocycles. The number of nitrogens with one attached hydrogen (secondary N) is 2. The van der Waals surface area contributed by atoms with Gasteiger partial charge in [0.15, 0.2) is 5.96 Å². The van der Waals surface area contributed by atoms with Gasteiger partial charge in [0.05, 0.1) is 19.3 Å². The predicted molar refractivity (Wildman–Crippen MR) is 143 cm³/mol. The van der Waals surface area contributed by atoms with Crippen LogP contribution in [0.25, 0.3) is 0 Å². The van der Waals surface area contributed by atoms with Gasteiger partial charge in [-0.3, -0.25) is 9.89 Å². The standard InChI is InChI=1S/C24H41N5O2.HI/c1-3-25-24(26-12-8-17-30-20-23-11-7-18-31-23)27-19-21(2)28-13-15-29(16-14-28)22-9-5-4-6-10-22;/h4-6,9-10,21,23H,3,7-8,11-20H2,1-2H3,(H2,25,26,27);1H. The fourth-order valence-electron chi connectivity index (χ4n) is 4.11. The molecule has 32 heavy (non-hydrogen) atoms. The number of aliphatic imine (C=N–C) groups is 1. The number of hydrogen-bond acceptors (Lipinski definition) is 5. The van der Waals surface area contributed by atoms with E-state index in [2.05, 4.69) is 64.6 Å². The van der Waals surface area contributed by atoms with E-state index in [1.165, 1.54) is 12.1 Å². The predicted octanol–water partition coefficient (Wildman–Crippen LogP) is 2.96. The average Bonchev–Trinajstić information content (AvgIpc) is 3.33. The molecule has 0 aliphatic carbocycles. The molecule has 2 unspecified atom stereocenters. The molecule has 182 valence electrons. The van der Waals surface area contributed by atoms with Crippen molar-refractivity contribution in [1.29, 1.82) is 0 Å². The molecule has 0 bridgehead atoms. The zero-order valence-corrected chi connectivity index (χ0v) is 22.1. The van der Waals surface area contributed by atoms with Crippen molar-refractivity contribution < 1.29 is 9.47 Å². The van der Waals surface area contributed by atoms with Crippen LogP contribution in [0, 0.1) is 0 Å². The highest BCUT2D eigenvalue weighted by Crippen LogP contribution is 2.16. The van der Waals surface area contributed by atoms with Crippen molar-refractivity contribution in [2.75, 3.05) is 70.5 Å². The van der Waals surface area contributed by atoms with Crippen LogP contribution in [0.2, 0.25) is 0 Å². The maximum atomic E-state index is 5.74. The van der Waals surface area contributed by atoms with Gasteiger partial charge in [-0.05, 0) is 45.2 Å². The van der Waals surface area contributed by atoms with Crippen LogP contribution in [0.3, 0.4) is 0 Å². The van der Waals surface area contributed by atoms with E-state index in [0.29, 0.717) is 12.1 Å². The molecule has 1 aromatic rings. The van der Waals surface area contributed by atoms with E-state index in [-0.39, 0.29) is 24.0 Å². The van der Waals surface area contributed by atoms with Crippen LogP contribution in [0.15, 0.2) is 35.3 Å². The first kappa shape index (κ1) is 27.1. The van der Waals surface area contributed by atoms with Gasteiger partial charge < -0.3 is 25.0 Å². The number of rotatable bonds is 11. The Morgan fingerprint density at radius 3 is 2.66 bits per heavy atom. The van der Waals surface area contributed by atoms with Crippen LogP contribution < -0.4 is 15.5 Å². The SMILES string of the molecule is CCNC(=NCC(C)N1CCN(c2ccccc2)CC1)NCCCOCC1CCCO1.I. The van der Waals surface area contributed by atoms with Gasteiger partial charge in [0.25, 0.3) is 0 Å². The van der Waals surface area contributed by atoms with Gasteiger partial charge in [0.1, 0.15) is 0 Å². The number of guanidine groups is 1. The lowest BCUT2D eigenvalue weighted by Crippen LogP contribution is -2.50. The lowest BCUT2D eigenvalue weighted by molar-refractivity contribution is 0.0168. The normalized spacial score (nSPS) is 20.6. The van der Waals surface area contributed by atoms with Gasteiger partial charge in [-0.15, -0.1) is 24.0 Å². The summed E-state index contributed by atoms with van der Waals surface area (Å²) in [4.78, 5) is 9.84. The van der Waals surface area contributed by atoms with Crippen LogP contribution in [-0.4, -0.2) is 88.6 Å². The molecule has 2 atom stereocenters. The highest BCUT2D eigenvalue weighted by atomic mass is 127. The lowest BCUT2D eigenvalue weighted by atomic mass is 10.2. The third kappa shape index (κ3) is 9.41. The second-order valence-corrected chi connectivity index (χ2v) is 8.42. The monoisotopic (exact) mass is 559 g/mol. The molecule has 2 saturated heterocycles. The van der Waals surface area contributed by atoms with E-state index < -0.39 is 0 Å². The van der Waals surface area contributed by atoms with Crippen LogP contribution >= 0.6 is 24.0 Å². The van der Waals surface area contributed by atoms with Crippen LogP contribution in [0.5, 0.6) is 0 Å². The van der Waals surface area contributed by atoms with Gasteiger partial charge in [-0.1, -0.05) is 18.2 Å². The Morgan fingerprint density at radius 1 is 1.19 bits per heavy atom. The van der Waals surface area contributed by atoms with Crippen molar-refractivity contribution in [2.24, 2.45) is 4.99 Å². The third-order valence-corrected chi connectivity index (χ3v) is 6.00. The average molecular weight is 560 g/mol. The molecule has 2 fully saturated rings. The first-order valence-electron chi connectivity index (χ1n) is 12.0. The second kappa shape index (κ2) is 15.7. The smallest absolute Gasteiger partial charge is 0.191 e. The first-order chi connectivity index (χ1) is 15.3. The quantitative estimate of drug-likeness (QED) is 0.188. The number of anilines is 1. The molecule has 0 radical (unpaired) electrons. The minimum atomic E-state index is 0. The first-order valence-corrected chi connectivity index (χ1v) is 12.0. The Balaban J connectivity index is 0.00000363. The van der Waals surface area contributed by atoms with E-state index in [1.54, 1.807) is 0 Å². The maximum absolute atomic E-state index is 5.74. The topological polar surface area (TPSA) is 61.4 Å². The van der Waals surface area contributed by atoms with Crippen molar-refractivity contribution in [3.05, 3.63) is 30.3 Å². The minimum absolute atomic E-state index is 0. The van der Waals surface area contributed by atoms with Crippen molar-refractivity contribution in [3.63, 3.8) is 0 Å². The molecule has 0 amide bonds. The molecule has 2 heterocycles. The Kier molecular flexibility index (Phi) is 13.3. The van der Waals surface area contributed by atoms with E-state index in [1.807, 2.05) is 0 Å². The van der Waals surface area contributed by atoms with Crippen LogP contribution in [-0.2, 0) is 9.47 Å². The number of piperazine rings is 1. The zero-order valence-electron chi connectivity index (χ0n) is 19.8. The number of nitrogens with zero attached hydrogens (tertiary/aromatic N) is 3. The highest BCUT2D eigenvalue weighted by molar-refractivity contribution is 14.0. The van der Waals surface area contributed by atoms with E-state index in [4.69, 9.17) is 14.5 Å². The molecular formula is C24H42IN5O2. The Hall–Kier alpha value is -1.10. The summed E-state index contributed by atoms with van der Waals surface area (Å²) in [6.45, 7) is 13.6. The van der Waals surface area contributed by atoms with Gasteiger partial charge in [0, 0.05) is 64.2 Å². The third-order valence-electron chi connectivity index (χ3n) is 6.00. The summed E-state index contributed by atoms with van der Waals surface area (Å²) in [7, 11) is 0. The molecule has 8 heteroatoms. The number of ether oxygens (including phenoxy) is 2.